The van der Waals surface area contributed by atoms with Gasteiger partial charge in [0.25, 0.3) is 4.45 Å². The Labute approximate surface area is 95.1 Å². The summed E-state index contributed by atoms with van der Waals surface area (Å²) in [6, 6.07) is 0. The van der Waals surface area contributed by atoms with Crippen LogP contribution in [-0.4, -0.2) is 4.45 Å². The second-order valence-electron chi connectivity index (χ2n) is 0.357. The molecular formula is CH3KOS3. The third kappa shape index (κ3) is 9.61. The van der Waals surface area contributed by atoms with Gasteiger partial charge in [-0.15, -0.1) is 11.7 Å². The molecule has 0 spiro atoms. The minimum absolute atomic E-state index is 0. The minimum Gasteiger partial charge on any atom is -1.00 e. The molecule has 0 amide bonds. The maximum absolute atomic E-state index is 9.56. The summed E-state index contributed by atoms with van der Waals surface area (Å²) < 4.78 is -0.270. The molecule has 0 fully saturated rings. The molecule has 0 rings (SSSR count). The van der Waals surface area contributed by atoms with Gasteiger partial charge in [0.2, 0.25) is 0 Å². The van der Waals surface area contributed by atoms with E-state index < -0.39 is 0 Å². The van der Waals surface area contributed by atoms with Gasteiger partial charge < -0.3 is 1.43 Å². The van der Waals surface area contributed by atoms with Crippen molar-refractivity contribution in [3.8, 4) is 0 Å². The predicted octanol–water partition coefficient (Wildman–Crippen LogP) is -1.27. The van der Waals surface area contributed by atoms with Crippen molar-refractivity contribution in [2.24, 2.45) is 0 Å². The fourth-order valence-electron chi connectivity index (χ4n) is 0. The number of carbonyl (C=O) groups is 1. The molecule has 0 unspecified atom stereocenters. The molecule has 0 aliphatic carbocycles. The molecule has 0 aliphatic rings. The molecule has 0 saturated carbocycles. The maximum atomic E-state index is 9.56. The summed E-state index contributed by atoms with van der Waals surface area (Å²) in [7, 11) is 0.799. The Morgan fingerprint density at radius 2 is 2.00 bits per heavy atom. The molecule has 0 aromatic heterocycles. The van der Waals surface area contributed by atoms with E-state index in [1.165, 1.54) is 0 Å². The van der Waals surface area contributed by atoms with E-state index in [-0.39, 0.29) is 57.3 Å². The summed E-state index contributed by atoms with van der Waals surface area (Å²) in [4.78, 5) is 9.56. The summed E-state index contributed by atoms with van der Waals surface area (Å²) >= 11 is 6.85. The van der Waals surface area contributed by atoms with E-state index in [2.05, 4.69) is 24.3 Å². The third-order valence-electron chi connectivity index (χ3n) is 0.0781. The summed E-state index contributed by atoms with van der Waals surface area (Å²) in [5, 5.41) is 0. The third-order valence-corrected chi connectivity index (χ3v) is 1.44. The van der Waals surface area contributed by atoms with Crippen LogP contribution in [0.3, 0.4) is 0 Å². The molecule has 1 nitrogen and oxygen atoms in total. The van der Waals surface area contributed by atoms with Crippen molar-refractivity contribution in [3.63, 3.8) is 0 Å². The Hall–Kier alpha value is 2.36. The van der Waals surface area contributed by atoms with Crippen molar-refractivity contribution >= 4 is 39.5 Å². The molecule has 5 heteroatoms. The molecule has 6 heavy (non-hydrogen) atoms. The van der Waals surface area contributed by atoms with Gasteiger partial charge in [0, 0.05) is 0 Å². The van der Waals surface area contributed by atoms with Gasteiger partial charge >= 0.3 is 51.4 Å². The van der Waals surface area contributed by atoms with Crippen molar-refractivity contribution in [1.29, 1.82) is 0 Å². The van der Waals surface area contributed by atoms with Gasteiger partial charge in [0.1, 0.15) is 0 Å². The average Bonchev–Trinajstić information content (AvgIpc) is 1.38. The standard InChI is InChI=1S/CH2OS3.K.H/c2-1(3)5-4;;/h4H,(H,2,3);;/q;+1;-1. The van der Waals surface area contributed by atoms with Crippen LogP contribution in [0.25, 0.3) is 0 Å². The first kappa shape index (κ1) is 11.2. The molecular weight excluding hydrogens is 163 g/mol. The van der Waals surface area contributed by atoms with Crippen LogP contribution in [0.15, 0.2) is 0 Å². The first-order chi connectivity index (χ1) is 2.27. The second-order valence-corrected chi connectivity index (χ2v) is 2.17. The predicted molar refractivity (Wildman–Crippen MR) is 32.1 cm³/mol. The van der Waals surface area contributed by atoms with E-state index >= 15 is 0 Å². The average molecular weight is 166 g/mol. The minimum atomic E-state index is -0.270. The van der Waals surface area contributed by atoms with Crippen molar-refractivity contribution in [3.05, 3.63) is 0 Å². The van der Waals surface area contributed by atoms with E-state index in [0.29, 0.717) is 0 Å². The van der Waals surface area contributed by atoms with E-state index in [1.807, 2.05) is 0 Å². The molecule has 0 atom stereocenters. The molecule has 0 N–H and O–H groups in total. The van der Waals surface area contributed by atoms with Gasteiger partial charge in [-0.3, -0.25) is 4.79 Å². The Bertz CT molecular complexity index is 50.2. The zero-order chi connectivity index (χ0) is 4.28. The first-order valence-electron chi connectivity index (χ1n) is 0.814. The van der Waals surface area contributed by atoms with Crippen molar-refractivity contribution < 1.29 is 57.6 Å². The van der Waals surface area contributed by atoms with Crippen LogP contribution in [0.5, 0.6) is 0 Å². The Kier molecular flexibility index (Phi) is 13.7. The number of hydrogen-bond donors (Lipinski definition) is 2. The van der Waals surface area contributed by atoms with Crippen LogP contribution in [0.1, 0.15) is 1.43 Å². The van der Waals surface area contributed by atoms with Crippen LogP contribution >= 0.6 is 35.1 Å². The monoisotopic (exact) mass is 166 g/mol. The van der Waals surface area contributed by atoms with Crippen LogP contribution in [0.4, 0.5) is 4.79 Å². The fourth-order valence-corrected chi connectivity index (χ4v) is 0. The topological polar surface area (TPSA) is 17.1 Å². The molecule has 0 aromatic carbocycles. The van der Waals surface area contributed by atoms with Crippen molar-refractivity contribution in [2.45, 2.75) is 0 Å². The van der Waals surface area contributed by atoms with E-state index in [1.54, 1.807) is 0 Å². The van der Waals surface area contributed by atoms with Gasteiger partial charge in [0.15, 0.2) is 0 Å². The van der Waals surface area contributed by atoms with E-state index in [9.17, 15) is 4.79 Å². The molecule has 0 saturated heterocycles. The van der Waals surface area contributed by atoms with Gasteiger partial charge in [-0.2, -0.15) is 0 Å². The number of rotatable bonds is 0. The van der Waals surface area contributed by atoms with Crippen LogP contribution in [0.2, 0.25) is 0 Å². The summed E-state index contributed by atoms with van der Waals surface area (Å²) in [5.41, 5.74) is 0. The smallest absolute Gasteiger partial charge is 1.00 e. The molecule has 0 aliphatic heterocycles. The summed E-state index contributed by atoms with van der Waals surface area (Å²) in [6.45, 7) is 0. The first-order valence-corrected chi connectivity index (χ1v) is 3.13. The summed E-state index contributed by atoms with van der Waals surface area (Å²) in [6.07, 6.45) is 0. The Balaban J connectivity index is -0.0000000800. The van der Waals surface area contributed by atoms with Crippen molar-refractivity contribution in [1.82, 2.24) is 0 Å². The van der Waals surface area contributed by atoms with Crippen molar-refractivity contribution in [2.75, 3.05) is 0 Å². The van der Waals surface area contributed by atoms with E-state index in [4.69, 9.17) is 0 Å². The number of thiol groups is 2. The van der Waals surface area contributed by atoms with Crippen LogP contribution < -0.4 is 51.4 Å². The maximum Gasteiger partial charge on any atom is 1.00 e. The van der Waals surface area contributed by atoms with Gasteiger partial charge in [-0.25, -0.2) is 0 Å². The number of hydrogen-bond acceptors (Lipinski definition) is 3. The zero-order valence-corrected chi connectivity index (χ0v) is 8.94. The molecule has 0 radical (unpaired) electrons. The van der Waals surface area contributed by atoms with Crippen LogP contribution in [0, 0.1) is 0 Å². The molecule has 0 heterocycles. The largest absolute Gasteiger partial charge is 1.00 e. The van der Waals surface area contributed by atoms with Gasteiger partial charge in [0.05, 0.1) is 0 Å². The van der Waals surface area contributed by atoms with E-state index in [0.717, 1.165) is 10.8 Å². The second kappa shape index (κ2) is 7.36. The summed E-state index contributed by atoms with van der Waals surface area (Å²) in [5.74, 6) is 0. The number of carbonyl (C=O) groups excluding carboxylic acids is 1. The quantitative estimate of drug-likeness (QED) is 0.265. The zero-order valence-electron chi connectivity index (χ0n) is 4.21. The van der Waals surface area contributed by atoms with Gasteiger partial charge in [-0.05, 0) is 10.8 Å². The molecule has 0 bridgehead atoms. The molecule has 0 aromatic rings. The Morgan fingerprint density at radius 1 is 1.83 bits per heavy atom. The van der Waals surface area contributed by atoms with Gasteiger partial charge in [-0.1, -0.05) is 12.6 Å². The fraction of sp³-hybridized carbons (Fsp3) is 0. The molecule has 32 valence electrons. The SMILES string of the molecule is O=C(S)SS.[H-].[K+]. The van der Waals surface area contributed by atoms with Crippen LogP contribution in [-0.2, 0) is 0 Å². The normalized spacial score (nSPS) is 6.33. The Morgan fingerprint density at radius 3 is 2.00 bits per heavy atom.